The summed E-state index contributed by atoms with van der Waals surface area (Å²) in [5.41, 5.74) is 7.61. The van der Waals surface area contributed by atoms with Crippen molar-refractivity contribution in [2.45, 2.75) is 52.6 Å². The van der Waals surface area contributed by atoms with Crippen LogP contribution in [0.3, 0.4) is 0 Å². The molecule has 0 unspecified atom stereocenters. The average molecular weight is 813 g/mol. The fourth-order valence-electron chi connectivity index (χ4n) is 4.98. The van der Waals surface area contributed by atoms with Gasteiger partial charge in [-0.3, -0.25) is 19.2 Å². The van der Waals surface area contributed by atoms with Crippen LogP contribution in [0.2, 0.25) is 0 Å². The van der Waals surface area contributed by atoms with Crippen molar-refractivity contribution in [1.82, 2.24) is 20.5 Å². The SMILES string of the molecule is CC.CNCc1cc2cc(NC(=O)CCC(=O)NCCOCCOCCOCCOCCC(N)=O)ccc2n1CCC(=O)NCCOCCOCCOCCOC. The lowest BCUT2D eigenvalue weighted by molar-refractivity contribution is -0.124. The summed E-state index contributed by atoms with van der Waals surface area (Å²) in [6.45, 7) is 12.2. The Kier molecular flexibility index (Phi) is 31.9. The highest BCUT2D eigenvalue weighted by Crippen LogP contribution is 2.24. The molecular formula is C39H68N6O12. The van der Waals surface area contributed by atoms with Gasteiger partial charge < -0.3 is 69.5 Å². The first kappa shape index (κ1) is 51.3. The Hall–Kier alpha value is -3.72. The summed E-state index contributed by atoms with van der Waals surface area (Å²) in [6, 6.07) is 7.66. The molecule has 2 aromatic rings. The third kappa shape index (κ3) is 26.8. The number of carbonyl (C=O) groups excluding carboxylic acids is 4. The van der Waals surface area contributed by atoms with Crippen molar-refractivity contribution in [2.24, 2.45) is 5.73 Å². The van der Waals surface area contributed by atoms with Gasteiger partial charge in [-0.1, -0.05) is 13.8 Å². The van der Waals surface area contributed by atoms with Crippen LogP contribution in [0.25, 0.3) is 10.9 Å². The Morgan fingerprint density at radius 3 is 1.58 bits per heavy atom. The van der Waals surface area contributed by atoms with Crippen molar-refractivity contribution in [3.8, 4) is 0 Å². The zero-order valence-electron chi connectivity index (χ0n) is 34.5. The summed E-state index contributed by atoms with van der Waals surface area (Å²) in [6.07, 6.45) is 0.565. The molecule has 2 rings (SSSR count). The van der Waals surface area contributed by atoms with Crippen molar-refractivity contribution < 1.29 is 57.1 Å². The number of benzene rings is 1. The van der Waals surface area contributed by atoms with Gasteiger partial charge in [0.05, 0.1) is 99.1 Å². The second kappa shape index (κ2) is 35.4. The van der Waals surface area contributed by atoms with Crippen LogP contribution in [-0.4, -0.2) is 155 Å². The second-order valence-corrected chi connectivity index (χ2v) is 12.1. The van der Waals surface area contributed by atoms with Crippen molar-refractivity contribution in [1.29, 1.82) is 0 Å². The molecule has 18 heteroatoms. The first-order chi connectivity index (χ1) is 27.8. The highest BCUT2D eigenvalue weighted by Gasteiger charge is 2.13. The monoisotopic (exact) mass is 812 g/mol. The Labute approximate surface area is 337 Å². The molecule has 1 aromatic heterocycles. The topological polar surface area (TPSA) is 221 Å². The summed E-state index contributed by atoms with van der Waals surface area (Å²) >= 11 is 0. The zero-order chi connectivity index (χ0) is 41.8. The molecule has 1 heterocycles. The molecular weight excluding hydrogens is 744 g/mol. The van der Waals surface area contributed by atoms with Crippen molar-refractivity contribution in [3.05, 3.63) is 30.0 Å². The molecule has 0 bridgehead atoms. The number of hydrogen-bond donors (Lipinski definition) is 5. The number of aryl methyl sites for hydroxylation is 1. The number of methoxy groups -OCH3 is 1. The number of rotatable bonds is 36. The summed E-state index contributed by atoms with van der Waals surface area (Å²) in [5.74, 6) is -0.986. The molecule has 0 saturated carbocycles. The van der Waals surface area contributed by atoms with Crippen LogP contribution < -0.4 is 27.0 Å². The fraction of sp³-hybridized carbons (Fsp3) is 0.692. The van der Waals surface area contributed by atoms with Crippen LogP contribution in [-0.2, 0) is 70.2 Å². The molecule has 4 amide bonds. The standard InChI is InChI=1S/C37H62N6O12.C2H6/c1-39-29-32-28-30-27-31(3-4-33(30)43(32)11-7-36(46)41-10-14-51-19-21-54-24-23-52-16-15-48-2)42-37(47)6-5-35(45)40-9-13-50-18-22-55-26-25-53-20-17-49-12-8-34(38)44;1-2/h3-4,27-28,39H,5-26,29H2,1-2H3,(H2,38,44)(H,40,45)(H,41,46)(H,42,47);1-2H3. The number of amides is 4. The van der Waals surface area contributed by atoms with Crippen LogP contribution in [0.5, 0.6) is 0 Å². The van der Waals surface area contributed by atoms with Crippen LogP contribution in [0.1, 0.15) is 45.2 Å². The molecule has 0 aliphatic rings. The number of nitrogens with two attached hydrogens (primary N) is 1. The van der Waals surface area contributed by atoms with Gasteiger partial charge in [-0.15, -0.1) is 0 Å². The van der Waals surface area contributed by atoms with Crippen molar-refractivity contribution in [3.63, 3.8) is 0 Å². The van der Waals surface area contributed by atoms with E-state index in [1.54, 1.807) is 7.11 Å². The van der Waals surface area contributed by atoms with E-state index in [1.807, 2.05) is 45.2 Å². The van der Waals surface area contributed by atoms with Gasteiger partial charge in [0.2, 0.25) is 23.6 Å². The maximum absolute atomic E-state index is 12.6. The Bertz CT molecular complexity index is 1360. The Balaban J connectivity index is 0.00000799. The van der Waals surface area contributed by atoms with E-state index in [2.05, 4.69) is 25.8 Å². The number of ether oxygens (including phenoxy) is 8. The van der Waals surface area contributed by atoms with Gasteiger partial charge in [0.1, 0.15) is 0 Å². The minimum atomic E-state index is -0.399. The number of nitrogens with zero attached hydrogens (tertiary/aromatic N) is 1. The molecule has 1 aromatic carbocycles. The number of nitrogens with one attached hydrogen (secondary N) is 4. The predicted molar refractivity (Wildman–Crippen MR) is 216 cm³/mol. The molecule has 326 valence electrons. The normalized spacial score (nSPS) is 10.9. The lowest BCUT2D eigenvalue weighted by Gasteiger charge is -2.12. The maximum Gasteiger partial charge on any atom is 0.224 e. The van der Waals surface area contributed by atoms with Gasteiger partial charge in [0.15, 0.2) is 0 Å². The van der Waals surface area contributed by atoms with Crippen molar-refractivity contribution in [2.75, 3.05) is 132 Å². The van der Waals surface area contributed by atoms with E-state index in [1.165, 1.54) is 0 Å². The third-order valence-electron chi connectivity index (χ3n) is 7.69. The molecule has 0 atom stereocenters. The van der Waals surface area contributed by atoms with E-state index in [-0.39, 0.29) is 43.6 Å². The molecule has 0 aliphatic heterocycles. The lowest BCUT2D eigenvalue weighted by atomic mass is 10.2. The largest absolute Gasteiger partial charge is 0.382 e. The highest BCUT2D eigenvalue weighted by molar-refractivity contribution is 5.95. The molecule has 0 radical (unpaired) electrons. The van der Waals surface area contributed by atoms with E-state index in [4.69, 9.17) is 43.6 Å². The average Bonchev–Trinajstić information content (AvgIpc) is 3.54. The minimum absolute atomic E-state index is 0.0329. The third-order valence-corrected chi connectivity index (χ3v) is 7.69. The predicted octanol–water partition coefficient (Wildman–Crippen LogP) is 1.37. The van der Waals surface area contributed by atoms with Crippen molar-refractivity contribution >= 4 is 40.2 Å². The van der Waals surface area contributed by atoms with Gasteiger partial charge in [-0.25, -0.2) is 0 Å². The highest BCUT2D eigenvalue weighted by atomic mass is 16.6. The van der Waals surface area contributed by atoms with Gasteiger partial charge in [-0.2, -0.15) is 0 Å². The van der Waals surface area contributed by atoms with E-state index < -0.39 is 5.91 Å². The first-order valence-electron chi connectivity index (χ1n) is 19.8. The lowest BCUT2D eigenvalue weighted by Crippen LogP contribution is -2.28. The molecule has 0 spiro atoms. The van der Waals surface area contributed by atoms with Gasteiger partial charge in [0, 0.05) is 81.3 Å². The molecule has 0 fully saturated rings. The number of aromatic nitrogens is 1. The molecule has 57 heavy (non-hydrogen) atoms. The smallest absolute Gasteiger partial charge is 0.224 e. The summed E-state index contributed by atoms with van der Waals surface area (Å²) in [5, 5.41) is 12.6. The van der Waals surface area contributed by atoms with E-state index in [9.17, 15) is 19.2 Å². The maximum atomic E-state index is 12.6. The minimum Gasteiger partial charge on any atom is -0.382 e. The number of anilines is 1. The van der Waals surface area contributed by atoms with Crippen LogP contribution >= 0.6 is 0 Å². The molecule has 0 aliphatic carbocycles. The summed E-state index contributed by atoms with van der Waals surface area (Å²) in [4.78, 5) is 48.0. The number of carbonyl (C=O) groups is 4. The van der Waals surface area contributed by atoms with E-state index in [0.29, 0.717) is 131 Å². The van der Waals surface area contributed by atoms with Crippen LogP contribution in [0.15, 0.2) is 24.3 Å². The zero-order valence-corrected chi connectivity index (χ0v) is 34.5. The Morgan fingerprint density at radius 1 is 0.596 bits per heavy atom. The summed E-state index contributed by atoms with van der Waals surface area (Å²) < 4.78 is 44.7. The van der Waals surface area contributed by atoms with Gasteiger partial charge >= 0.3 is 0 Å². The Morgan fingerprint density at radius 2 is 1.07 bits per heavy atom. The summed E-state index contributed by atoms with van der Waals surface area (Å²) in [7, 11) is 3.49. The van der Waals surface area contributed by atoms with Gasteiger partial charge in [0.25, 0.3) is 0 Å². The number of fused-ring (bicyclic) bond motifs is 1. The van der Waals surface area contributed by atoms with E-state index >= 15 is 0 Å². The first-order valence-corrected chi connectivity index (χ1v) is 19.8. The molecule has 18 nitrogen and oxygen atoms in total. The van der Waals surface area contributed by atoms with E-state index in [0.717, 1.165) is 16.6 Å². The number of primary amides is 1. The molecule has 0 saturated heterocycles. The second-order valence-electron chi connectivity index (χ2n) is 12.1. The fourth-order valence-corrected chi connectivity index (χ4v) is 4.98. The van der Waals surface area contributed by atoms with Gasteiger partial charge in [-0.05, 0) is 31.3 Å². The number of hydrogen-bond acceptors (Lipinski definition) is 13. The van der Waals surface area contributed by atoms with Crippen LogP contribution in [0.4, 0.5) is 5.69 Å². The molecule has 6 N–H and O–H groups in total. The quantitative estimate of drug-likeness (QED) is 0.0615. The van der Waals surface area contributed by atoms with Crippen LogP contribution in [0, 0.1) is 0 Å².